The first kappa shape index (κ1) is 16.1. The monoisotopic (exact) mass is 328 g/mol. The lowest BCUT2D eigenvalue weighted by atomic mass is 9.71. The highest BCUT2D eigenvalue weighted by molar-refractivity contribution is 5.98. The van der Waals surface area contributed by atoms with Crippen LogP contribution >= 0.6 is 0 Å². The molecule has 0 bridgehead atoms. The third-order valence-corrected chi connectivity index (χ3v) is 6.24. The number of likely N-dealkylation sites (tertiary alicyclic amines) is 1. The highest BCUT2D eigenvalue weighted by atomic mass is 16.5. The van der Waals surface area contributed by atoms with Crippen LogP contribution in [0.4, 0.5) is 5.69 Å². The Morgan fingerprint density at radius 3 is 2.50 bits per heavy atom. The zero-order valence-corrected chi connectivity index (χ0v) is 14.6. The minimum absolute atomic E-state index is 0.00535. The van der Waals surface area contributed by atoms with Crippen LogP contribution in [-0.2, 0) is 9.53 Å². The standard InChI is InChI=1S/C20H28N2O2/c1-24-14-18-19(23)22(17-5-3-2-4-6-17)15-20(18)9-11-21(12-10-20)13-16-7-8-16/h2-6,16,18H,7-15H2,1H3/t18-/m1/s1. The quantitative estimate of drug-likeness (QED) is 0.833. The Kier molecular flexibility index (Phi) is 4.35. The van der Waals surface area contributed by atoms with Crippen LogP contribution in [0.5, 0.6) is 0 Å². The fraction of sp³-hybridized carbons (Fsp3) is 0.650. The highest BCUT2D eigenvalue weighted by Gasteiger charge is 2.53. The van der Waals surface area contributed by atoms with Gasteiger partial charge >= 0.3 is 0 Å². The van der Waals surface area contributed by atoms with Crippen molar-refractivity contribution in [1.29, 1.82) is 0 Å². The molecule has 1 aromatic carbocycles. The third-order valence-electron chi connectivity index (χ3n) is 6.24. The van der Waals surface area contributed by atoms with Gasteiger partial charge in [-0.25, -0.2) is 0 Å². The molecule has 4 nitrogen and oxygen atoms in total. The van der Waals surface area contributed by atoms with Crippen molar-refractivity contribution < 1.29 is 9.53 Å². The van der Waals surface area contributed by atoms with E-state index in [2.05, 4.69) is 4.90 Å². The number of nitrogens with zero attached hydrogens (tertiary/aromatic N) is 2. The summed E-state index contributed by atoms with van der Waals surface area (Å²) < 4.78 is 5.45. The van der Waals surface area contributed by atoms with Crippen LogP contribution in [0.3, 0.4) is 0 Å². The van der Waals surface area contributed by atoms with E-state index in [1.54, 1.807) is 7.11 Å². The van der Waals surface area contributed by atoms with Crippen LogP contribution < -0.4 is 4.90 Å². The molecule has 1 atom stereocenters. The molecule has 3 fully saturated rings. The van der Waals surface area contributed by atoms with Crippen molar-refractivity contribution in [2.24, 2.45) is 17.3 Å². The molecule has 2 saturated heterocycles. The predicted molar refractivity (Wildman–Crippen MR) is 95.0 cm³/mol. The van der Waals surface area contributed by atoms with Gasteiger partial charge in [0.2, 0.25) is 5.91 Å². The topological polar surface area (TPSA) is 32.8 Å². The molecule has 2 heterocycles. The Labute approximate surface area is 144 Å². The summed E-state index contributed by atoms with van der Waals surface area (Å²) in [6.07, 6.45) is 5.05. The van der Waals surface area contributed by atoms with Crippen molar-refractivity contribution in [3.05, 3.63) is 30.3 Å². The molecule has 2 aliphatic heterocycles. The van der Waals surface area contributed by atoms with Gasteiger partial charge in [0.15, 0.2) is 0 Å². The fourth-order valence-corrected chi connectivity index (χ4v) is 4.55. The first-order valence-electron chi connectivity index (χ1n) is 9.29. The highest BCUT2D eigenvalue weighted by Crippen LogP contribution is 2.47. The number of amides is 1. The van der Waals surface area contributed by atoms with Crippen molar-refractivity contribution in [3.63, 3.8) is 0 Å². The lowest BCUT2D eigenvalue weighted by Crippen LogP contribution is -2.46. The number of benzene rings is 1. The van der Waals surface area contributed by atoms with E-state index in [9.17, 15) is 4.79 Å². The fourth-order valence-electron chi connectivity index (χ4n) is 4.55. The summed E-state index contributed by atoms with van der Waals surface area (Å²) >= 11 is 0. The van der Waals surface area contributed by atoms with Crippen LogP contribution in [0.25, 0.3) is 0 Å². The molecule has 1 saturated carbocycles. The van der Waals surface area contributed by atoms with E-state index in [0.717, 1.165) is 44.1 Å². The molecule has 24 heavy (non-hydrogen) atoms. The number of anilines is 1. The maximum Gasteiger partial charge on any atom is 0.233 e. The maximum absolute atomic E-state index is 13.1. The molecule has 130 valence electrons. The van der Waals surface area contributed by atoms with Crippen molar-refractivity contribution in [2.75, 3.05) is 44.8 Å². The van der Waals surface area contributed by atoms with E-state index < -0.39 is 0 Å². The van der Waals surface area contributed by atoms with Gasteiger partial charge < -0.3 is 14.5 Å². The predicted octanol–water partition coefficient (Wildman–Crippen LogP) is 2.79. The maximum atomic E-state index is 13.1. The van der Waals surface area contributed by atoms with Gasteiger partial charge in [-0.2, -0.15) is 0 Å². The Balaban J connectivity index is 1.51. The molecule has 0 aromatic heterocycles. The second kappa shape index (κ2) is 6.49. The van der Waals surface area contributed by atoms with Gasteiger partial charge in [-0.3, -0.25) is 4.79 Å². The molecule has 1 aliphatic carbocycles. The van der Waals surface area contributed by atoms with E-state index in [4.69, 9.17) is 4.74 Å². The molecule has 4 heteroatoms. The molecular weight excluding hydrogens is 300 g/mol. The average molecular weight is 328 g/mol. The number of hydrogen-bond donors (Lipinski definition) is 0. The van der Waals surface area contributed by atoms with Crippen LogP contribution in [-0.4, -0.2) is 50.7 Å². The average Bonchev–Trinajstić information content (AvgIpc) is 3.39. The van der Waals surface area contributed by atoms with E-state index in [1.165, 1.54) is 19.4 Å². The molecule has 0 unspecified atom stereocenters. The normalized spacial score (nSPS) is 27.1. The molecular formula is C20H28N2O2. The summed E-state index contributed by atoms with van der Waals surface area (Å²) in [5.41, 5.74) is 1.11. The number of piperidine rings is 1. The lowest BCUT2D eigenvalue weighted by molar-refractivity contribution is -0.125. The summed E-state index contributed by atoms with van der Waals surface area (Å²) in [6.45, 7) is 4.92. The first-order valence-corrected chi connectivity index (χ1v) is 9.29. The van der Waals surface area contributed by atoms with Gasteiger partial charge in [-0.05, 0) is 56.8 Å². The van der Waals surface area contributed by atoms with Gasteiger partial charge in [0, 0.05) is 31.3 Å². The molecule has 1 aromatic rings. The summed E-state index contributed by atoms with van der Waals surface area (Å²) in [5.74, 6) is 1.20. The molecule has 4 rings (SSSR count). The van der Waals surface area contributed by atoms with Crippen LogP contribution in [0.15, 0.2) is 30.3 Å². The Morgan fingerprint density at radius 2 is 1.88 bits per heavy atom. The molecule has 1 amide bonds. The van der Waals surface area contributed by atoms with Gasteiger partial charge in [0.25, 0.3) is 0 Å². The Bertz CT molecular complexity index is 577. The zero-order valence-electron chi connectivity index (χ0n) is 14.6. The second-order valence-corrected chi connectivity index (χ2v) is 7.87. The zero-order chi connectivity index (χ0) is 16.6. The van der Waals surface area contributed by atoms with Gasteiger partial charge in [0.1, 0.15) is 0 Å². The summed E-state index contributed by atoms with van der Waals surface area (Å²) in [4.78, 5) is 17.7. The summed E-state index contributed by atoms with van der Waals surface area (Å²) in [6, 6.07) is 10.1. The van der Waals surface area contributed by atoms with Gasteiger partial charge in [-0.1, -0.05) is 18.2 Å². The van der Waals surface area contributed by atoms with E-state index in [1.807, 2.05) is 35.2 Å². The van der Waals surface area contributed by atoms with Crippen LogP contribution in [0.2, 0.25) is 0 Å². The van der Waals surface area contributed by atoms with E-state index in [0.29, 0.717) is 6.61 Å². The number of ether oxygens (including phenoxy) is 1. The van der Waals surface area contributed by atoms with E-state index >= 15 is 0 Å². The number of methoxy groups -OCH3 is 1. The molecule has 0 radical (unpaired) electrons. The van der Waals surface area contributed by atoms with Crippen LogP contribution in [0, 0.1) is 17.3 Å². The molecule has 3 aliphatic rings. The third kappa shape index (κ3) is 2.98. The number of hydrogen-bond acceptors (Lipinski definition) is 3. The SMILES string of the molecule is COC[C@@H]1C(=O)N(c2ccccc2)CC12CCN(CC1CC1)CC2. The first-order chi connectivity index (χ1) is 11.7. The number of rotatable bonds is 5. The van der Waals surface area contributed by atoms with Crippen molar-refractivity contribution in [1.82, 2.24) is 4.90 Å². The van der Waals surface area contributed by atoms with Crippen molar-refractivity contribution >= 4 is 11.6 Å². The van der Waals surface area contributed by atoms with Gasteiger partial charge in [0.05, 0.1) is 12.5 Å². The van der Waals surface area contributed by atoms with E-state index in [-0.39, 0.29) is 17.2 Å². The minimum Gasteiger partial charge on any atom is -0.384 e. The number of carbonyl (C=O) groups is 1. The Hall–Kier alpha value is -1.39. The van der Waals surface area contributed by atoms with Crippen LogP contribution in [0.1, 0.15) is 25.7 Å². The second-order valence-electron chi connectivity index (χ2n) is 7.87. The number of para-hydroxylation sites is 1. The molecule has 0 N–H and O–H groups in total. The Morgan fingerprint density at radius 1 is 1.17 bits per heavy atom. The summed E-state index contributed by atoms with van der Waals surface area (Å²) in [5, 5.41) is 0. The van der Waals surface area contributed by atoms with Crippen molar-refractivity contribution in [2.45, 2.75) is 25.7 Å². The summed E-state index contributed by atoms with van der Waals surface area (Å²) in [7, 11) is 1.72. The smallest absolute Gasteiger partial charge is 0.233 e. The minimum atomic E-state index is 0.00535. The molecule has 1 spiro atoms. The lowest BCUT2D eigenvalue weighted by Gasteiger charge is -2.41. The van der Waals surface area contributed by atoms with Crippen molar-refractivity contribution in [3.8, 4) is 0 Å². The van der Waals surface area contributed by atoms with Gasteiger partial charge in [-0.15, -0.1) is 0 Å². The number of carbonyl (C=O) groups excluding carboxylic acids is 1. The largest absolute Gasteiger partial charge is 0.384 e.